The van der Waals surface area contributed by atoms with Crippen LogP contribution in [0.4, 0.5) is 11.4 Å². The maximum Gasteiger partial charge on any atom is 0.262 e. The highest BCUT2D eigenvalue weighted by atomic mass is 16.5. The second-order valence-corrected chi connectivity index (χ2v) is 7.79. The van der Waals surface area contributed by atoms with Gasteiger partial charge in [0, 0.05) is 29.3 Å². The lowest BCUT2D eigenvalue weighted by Gasteiger charge is -2.28. The minimum absolute atomic E-state index is 0.0330. The number of para-hydroxylation sites is 2. The Morgan fingerprint density at radius 2 is 1.66 bits per heavy atom. The number of hydrogen-bond acceptors (Lipinski definition) is 3. The number of amides is 2. The third kappa shape index (κ3) is 3.93. The molecule has 5 heteroatoms. The van der Waals surface area contributed by atoms with E-state index in [1.165, 1.54) is 0 Å². The molecule has 0 fully saturated rings. The van der Waals surface area contributed by atoms with E-state index in [0.717, 1.165) is 33.3 Å². The summed E-state index contributed by atoms with van der Waals surface area (Å²) >= 11 is 0. The van der Waals surface area contributed by atoms with Crippen molar-refractivity contribution in [2.24, 2.45) is 0 Å². The van der Waals surface area contributed by atoms with Crippen LogP contribution in [0.15, 0.2) is 91.0 Å². The molecule has 32 heavy (non-hydrogen) atoms. The molecule has 1 aliphatic rings. The third-order valence-electron chi connectivity index (χ3n) is 5.69. The Labute approximate surface area is 186 Å². The second kappa shape index (κ2) is 8.55. The summed E-state index contributed by atoms with van der Waals surface area (Å²) in [6, 6.07) is 29.0. The maximum atomic E-state index is 12.5. The molecule has 5 nitrogen and oxygen atoms in total. The average Bonchev–Trinajstić information content (AvgIpc) is 2.83. The van der Waals surface area contributed by atoms with Crippen molar-refractivity contribution >= 4 is 34.0 Å². The highest BCUT2D eigenvalue weighted by Crippen LogP contribution is 2.44. The summed E-state index contributed by atoms with van der Waals surface area (Å²) in [5, 5.41) is 8.06. The fraction of sp³-hybridized carbons (Fsp3) is 0.111. The number of ether oxygens (including phenoxy) is 1. The van der Waals surface area contributed by atoms with Crippen molar-refractivity contribution in [3.63, 3.8) is 0 Å². The number of benzene rings is 4. The molecule has 4 aromatic carbocycles. The van der Waals surface area contributed by atoms with E-state index >= 15 is 0 Å². The van der Waals surface area contributed by atoms with Crippen molar-refractivity contribution in [2.75, 3.05) is 17.2 Å². The molecule has 4 aromatic rings. The number of nitrogens with one attached hydrogen (secondary N) is 2. The Hall–Kier alpha value is -4.12. The zero-order valence-corrected chi connectivity index (χ0v) is 17.4. The first-order valence-electron chi connectivity index (χ1n) is 10.6. The Kier molecular flexibility index (Phi) is 5.30. The first-order valence-corrected chi connectivity index (χ1v) is 10.6. The van der Waals surface area contributed by atoms with Gasteiger partial charge in [-0.1, -0.05) is 66.7 Å². The van der Waals surface area contributed by atoms with Gasteiger partial charge in [-0.2, -0.15) is 0 Å². The van der Waals surface area contributed by atoms with Gasteiger partial charge in [0.25, 0.3) is 5.91 Å². The van der Waals surface area contributed by atoms with Crippen LogP contribution in [-0.2, 0) is 9.59 Å². The predicted molar refractivity (Wildman–Crippen MR) is 126 cm³/mol. The molecule has 0 radical (unpaired) electrons. The monoisotopic (exact) mass is 422 g/mol. The van der Waals surface area contributed by atoms with E-state index in [0.29, 0.717) is 12.2 Å². The van der Waals surface area contributed by atoms with Crippen molar-refractivity contribution in [3.8, 4) is 5.75 Å². The summed E-state index contributed by atoms with van der Waals surface area (Å²) in [6.45, 7) is -0.118. The fourth-order valence-electron chi connectivity index (χ4n) is 4.30. The second-order valence-electron chi connectivity index (χ2n) is 7.79. The molecule has 5 rings (SSSR count). The average molecular weight is 422 g/mol. The normalized spacial score (nSPS) is 15.0. The van der Waals surface area contributed by atoms with E-state index < -0.39 is 0 Å². The molecular weight excluding hydrogens is 400 g/mol. The molecule has 0 saturated carbocycles. The van der Waals surface area contributed by atoms with Gasteiger partial charge in [-0.25, -0.2) is 0 Å². The van der Waals surface area contributed by atoms with Crippen LogP contribution in [0.25, 0.3) is 10.8 Å². The van der Waals surface area contributed by atoms with Crippen LogP contribution in [-0.4, -0.2) is 18.4 Å². The van der Waals surface area contributed by atoms with Crippen LogP contribution in [0.1, 0.15) is 23.5 Å². The molecule has 0 aliphatic carbocycles. The fourth-order valence-corrected chi connectivity index (χ4v) is 4.30. The van der Waals surface area contributed by atoms with Crippen LogP contribution >= 0.6 is 0 Å². The summed E-state index contributed by atoms with van der Waals surface area (Å²) in [6.07, 6.45) is 0.317. The highest BCUT2D eigenvalue weighted by Gasteiger charge is 2.30. The van der Waals surface area contributed by atoms with Crippen LogP contribution in [0.5, 0.6) is 5.75 Å². The van der Waals surface area contributed by atoms with Crippen molar-refractivity contribution in [1.82, 2.24) is 0 Å². The standard InChI is InChI=1S/C27H22N2O3/c30-25-16-22(27-20-11-5-4-8-18(20)14-15-23(27)29-25)21-12-6-7-13-24(21)32-17-26(31)28-19-9-2-1-3-10-19/h1-15,22H,16-17H2,(H,28,31)(H,29,30)/t22-/m0/s1. The van der Waals surface area contributed by atoms with E-state index in [-0.39, 0.29) is 24.3 Å². The Morgan fingerprint density at radius 3 is 2.53 bits per heavy atom. The first-order chi connectivity index (χ1) is 15.7. The summed E-state index contributed by atoms with van der Waals surface area (Å²) in [7, 11) is 0. The SMILES string of the molecule is O=C(COc1ccccc1[C@@H]1CC(=O)Nc2ccc3ccccc3c21)Nc1ccccc1. The zero-order chi connectivity index (χ0) is 21.9. The van der Waals surface area contributed by atoms with E-state index in [2.05, 4.69) is 22.8 Å². The van der Waals surface area contributed by atoms with E-state index in [9.17, 15) is 9.59 Å². The molecule has 0 aromatic heterocycles. The van der Waals surface area contributed by atoms with Crippen LogP contribution < -0.4 is 15.4 Å². The molecule has 2 N–H and O–H groups in total. The smallest absolute Gasteiger partial charge is 0.262 e. The van der Waals surface area contributed by atoms with Crippen molar-refractivity contribution in [3.05, 3.63) is 102 Å². The number of rotatable bonds is 5. The van der Waals surface area contributed by atoms with Gasteiger partial charge in [-0.15, -0.1) is 0 Å². The van der Waals surface area contributed by atoms with Gasteiger partial charge < -0.3 is 15.4 Å². The summed E-state index contributed by atoms with van der Waals surface area (Å²) in [5.41, 5.74) is 3.51. The topological polar surface area (TPSA) is 67.4 Å². The Morgan fingerprint density at radius 1 is 0.906 bits per heavy atom. The number of hydrogen-bond donors (Lipinski definition) is 2. The number of carbonyl (C=O) groups is 2. The van der Waals surface area contributed by atoms with Gasteiger partial charge in [0.1, 0.15) is 5.75 Å². The molecule has 0 saturated heterocycles. The highest BCUT2D eigenvalue weighted by molar-refractivity contribution is 6.01. The molecule has 0 spiro atoms. The van der Waals surface area contributed by atoms with Crippen molar-refractivity contribution < 1.29 is 14.3 Å². The molecular formula is C27H22N2O3. The molecule has 2 amide bonds. The van der Waals surface area contributed by atoms with Crippen molar-refractivity contribution in [1.29, 1.82) is 0 Å². The lowest BCUT2D eigenvalue weighted by atomic mass is 9.81. The largest absolute Gasteiger partial charge is 0.483 e. The molecule has 1 atom stereocenters. The maximum absolute atomic E-state index is 12.5. The first kappa shape index (κ1) is 19.8. The van der Waals surface area contributed by atoms with Crippen molar-refractivity contribution in [2.45, 2.75) is 12.3 Å². The quantitative estimate of drug-likeness (QED) is 0.457. The van der Waals surface area contributed by atoms with E-state index in [4.69, 9.17) is 4.74 Å². The predicted octanol–water partition coefficient (Wildman–Crippen LogP) is 5.33. The molecule has 158 valence electrons. The van der Waals surface area contributed by atoms with Gasteiger partial charge in [0.2, 0.25) is 5.91 Å². The summed E-state index contributed by atoms with van der Waals surface area (Å²) in [4.78, 5) is 24.9. The van der Waals surface area contributed by atoms with Gasteiger partial charge in [0.05, 0.1) is 0 Å². The van der Waals surface area contributed by atoms with Gasteiger partial charge in [-0.3, -0.25) is 9.59 Å². The van der Waals surface area contributed by atoms with Gasteiger partial charge >= 0.3 is 0 Å². The van der Waals surface area contributed by atoms with Gasteiger partial charge in [0.15, 0.2) is 6.61 Å². The van der Waals surface area contributed by atoms with Crippen LogP contribution in [0.3, 0.4) is 0 Å². The number of anilines is 2. The van der Waals surface area contributed by atoms with E-state index in [1.807, 2.05) is 78.9 Å². The van der Waals surface area contributed by atoms with Crippen LogP contribution in [0.2, 0.25) is 0 Å². The number of fused-ring (bicyclic) bond motifs is 3. The minimum Gasteiger partial charge on any atom is -0.483 e. The molecule has 1 heterocycles. The summed E-state index contributed by atoms with van der Waals surface area (Å²) < 4.78 is 5.94. The van der Waals surface area contributed by atoms with Crippen LogP contribution in [0, 0.1) is 0 Å². The molecule has 1 aliphatic heterocycles. The zero-order valence-electron chi connectivity index (χ0n) is 17.4. The summed E-state index contributed by atoms with van der Waals surface area (Å²) in [5.74, 6) is 0.167. The molecule has 0 unspecified atom stereocenters. The minimum atomic E-state index is -0.238. The lowest BCUT2D eigenvalue weighted by molar-refractivity contribution is -0.118. The van der Waals surface area contributed by atoms with Gasteiger partial charge in [-0.05, 0) is 40.6 Å². The molecule has 0 bridgehead atoms. The Balaban J connectivity index is 1.46. The lowest BCUT2D eigenvalue weighted by Crippen LogP contribution is -2.25. The van der Waals surface area contributed by atoms with E-state index in [1.54, 1.807) is 0 Å². The third-order valence-corrected chi connectivity index (χ3v) is 5.69. The Bertz CT molecular complexity index is 1300. The number of carbonyl (C=O) groups excluding carboxylic acids is 2.